The third-order valence-electron chi connectivity index (χ3n) is 7.41. The first-order valence-electron chi connectivity index (χ1n) is 13.8. The lowest BCUT2D eigenvalue weighted by molar-refractivity contribution is 0.0982. The van der Waals surface area contributed by atoms with Crippen LogP contribution in [0.1, 0.15) is 51.4 Å². The second kappa shape index (κ2) is 12.4. The number of anilines is 1. The number of hydrogen-bond acceptors (Lipinski definition) is 5. The molecule has 0 saturated heterocycles. The molecule has 0 N–H and O–H groups in total. The fourth-order valence-electron chi connectivity index (χ4n) is 4.87. The largest absolute Gasteiger partial charge is 0.378 e. The molecule has 0 aliphatic rings. The molecule has 5 aromatic rings. The molecule has 0 amide bonds. The van der Waals surface area contributed by atoms with E-state index in [9.17, 15) is 18.4 Å². The molecule has 0 radical (unpaired) electrons. The van der Waals surface area contributed by atoms with Gasteiger partial charge in [-0.25, -0.2) is 23.4 Å². The first-order chi connectivity index (χ1) is 20.6. The first-order valence-corrected chi connectivity index (χ1v) is 13.8. The van der Waals surface area contributed by atoms with E-state index in [1.807, 2.05) is 32.3 Å². The maximum absolute atomic E-state index is 13.6. The van der Waals surface area contributed by atoms with Crippen LogP contribution in [-0.4, -0.2) is 39.2 Å². The smallest absolute Gasteiger partial charge is 0.278 e. The van der Waals surface area contributed by atoms with E-state index in [0.29, 0.717) is 17.7 Å². The molecule has 7 nitrogen and oxygen atoms in total. The number of carbonyl (C=O) groups excluding carboxylic acids is 1. The van der Waals surface area contributed by atoms with Gasteiger partial charge in [-0.05, 0) is 60.5 Å². The summed E-state index contributed by atoms with van der Waals surface area (Å²) < 4.78 is 29.8. The number of halogens is 2. The Morgan fingerprint density at radius 2 is 1.72 bits per heavy atom. The molecule has 0 atom stereocenters. The van der Waals surface area contributed by atoms with Crippen molar-refractivity contribution in [3.05, 3.63) is 123 Å². The van der Waals surface area contributed by atoms with E-state index in [4.69, 9.17) is 4.98 Å². The highest BCUT2D eigenvalue weighted by atomic mass is 19.2. The van der Waals surface area contributed by atoms with Crippen LogP contribution in [0.25, 0.3) is 10.9 Å². The summed E-state index contributed by atoms with van der Waals surface area (Å²) in [6.45, 7) is 1.70. The maximum Gasteiger partial charge on any atom is 0.278 e. The lowest BCUT2D eigenvalue weighted by Crippen LogP contribution is -2.25. The van der Waals surface area contributed by atoms with E-state index >= 15 is 0 Å². The van der Waals surface area contributed by atoms with Gasteiger partial charge in [-0.1, -0.05) is 30.0 Å². The van der Waals surface area contributed by atoms with Crippen LogP contribution in [0.4, 0.5) is 14.5 Å². The molecule has 0 saturated carbocycles. The van der Waals surface area contributed by atoms with E-state index in [2.05, 4.69) is 46.0 Å². The van der Waals surface area contributed by atoms with Gasteiger partial charge >= 0.3 is 0 Å². The second-order valence-electron chi connectivity index (χ2n) is 10.6. The number of fused-ring (bicyclic) bond motifs is 1. The molecular weight excluding hydrogens is 548 g/mol. The zero-order valence-electron chi connectivity index (χ0n) is 24.5. The first kappa shape index (κ1) is 29.4. The van der Waals surface area contributed by atoms with E-state index in [1.54, 1.807) is 24.9 Å². The van der Waals surface area contributed by atoms with Crippen molar-refractivity contribution in [1.82, 2.24) is 19.3 Å². The summed E-state index contributed by atoms with van der Waals surface area (Å²) in [5.74, 6) is 4.59. The number of Topliss-reactive ketones (excluding diaryl/α,β-unsaturated/α-hetero) is 1. The minimum Gasteiger partial charge on any atom is -0.378 e. The molecule has 0 fully saturated rings. The molecular formula is C34H31F2N5O2. The second-order valence-corrected chi connectivity index (χ2v) is 10.6. The topological polar surface area (TPSA) is 73.0 Å². The molecule has 5 rings (SSSR count). The van der Waals surface area contributed by atoms with Gasteiger partial charge < -0.3 is 4.90 Å². The third kappa shape index (κ3) is 6.54. The Bertz CT molecular complexity index is 1950. The zero-order chi connectivity index (χ0) is 30.7. The number of nitrogens with zero attached hydrogens (tertiary/aromatic N) is 5. The lowest BCUT2D eigenvalue weighted by Gasteiger charge is -2.12. The van der Waals surface area contributed by atoms with Crippen LogP contribution in [-0.2, 0) is 20.0 Å². The summed E-state index contributed by atoms with van der Waals surface area (Å²) >= 11 is 0. The lowest BCUT2D eigenvalue weighted by atomic mass is 10.1. The van der Waals surface area contributed by atoms with Crippen LogP contribution in [0.2, 0.25) is 0 Å². The molecule has 2 aromatic heterocycles. The van der Waals surface area contributed by atoms with E-state index in [0.717, 1.165) is 45.7 Å². The standard InChI is InChI=1S/C34H31F2N5O2/c1-22-33(34(43)41(40(22)4)21-25-11-15-28(35)29(36)18-25)31(42)8-6-5-7-23-12-16-30-26(17-23)20-37-32(38-30)19-24-9-13-27(14-10-24)39(2)3/h9-18,20H,6,8,19,21H2,1-4H3. The van der Waals surface area contributed by atoms with Crippen LogP contribution in [0.3, 0.4) is 0 Å². The molecule has 0 bridgehead atoms. The van der Waals surface area contributed by atoms with Gasteiger partial charge in [0.1, 0.15) is 11.4 Å². The van der Waals surface area contributed by atoms with Gasteiger partial charge in [0.2, 0.25) is 0 Å². The van der Waals surface area contributed by atoms with Gasteiger partial charge in [0, 0.05) is 68.9 Å². The fraction of sp³-hybridized carbons (Fsp3) is 0.235. The summed E-state index contributed by atoms with van der Waals surface area (Å²) in [4.78, 5) is 37.3. The van der Waals surface area contributed by atoms with E-state index in [1.165, 1.54) is 10.7 Å². The van der Waals surface area contributed by atoms with Crippen LogP contribution < -0.4 is 10.5 Å². The van der Waals surface area contributed by atoms with Crippen molar-refractivity contribution >= 4 is 22.4 Å². The minimum absolute atomic E-state index is 0.0114. The van der Waals surface area contributed by atoms with E-state index in [-0.39, 0.29) is 30.7 Å². The maximum atomic E-state index is 13.6. The predicted molar refractivity (Wildman–Crippen MR) is 163 cm³/mol. The Morgan fingerprint density at radius 3 is 2.44 bits per heavy atom. The van der Waals surface area contributed by atoms with Gasteiger partial charge in [0.25, 0.3) is 5.56 Å². The van der Waals surface area contributed by atoms with Gasteiger partial charge in [-0.2, -0.15) is 0 Å². The van der Waals surface area contributed by atoms with Crippen LogP contribution in [0, 0.1) is 30.4 Å². The van der Waals surface area contributed by atoms with Crippen molar-refractivity contribution in [3.63, 3.8) is 0 Å². The summed E-state index contributed by atoms with van der Waals surface area (Å²) in [7, 11) is 5.67. The number of hydrogen-bond donors (Lipinski definition) is 0. The number of carbonyl (C=O) groups is 1. The quantitative estimate of drug-likeness (QED) is 0.181. The van der Waals surface area contributed by atoms with Crippen LogP contribution in [0.5, 0.6) is 0 Å². The van der Waals surface area contributed by atoms with Crippen molar-refractivity contribution in [3.8, 4) is 11.8 Å². The Balaban J connectivity index is 1.23. The average molecular weight is 580 g/mol. The Labute approximate surface area is 248 Å². The summed E-state index contributed by atoms with van der Waals surface area (Å²) in [6.07, 6.45) is 2.78. The number of rotatable bonds is 8. The highest BCUT2D eigenvalue weighted by molar-refractivity contribution is 5.97. The average Bonchev–Trinajstić information content (AvgIpc) is 3.20. The molecule has 2 heterocycles. The normalized spacial score (nSPS) is 10.9. The molecule has 0 aliphatic carbocycles. The SMILES string of the molecule is Cc1c(C(=O)CCC#Cc2ccc3nc(Cc4ccc(N(C)C)cc4)ncc3c2)c(=O)n(Cc2ccc(F)c(F)c2)n1C. The van der Waals surface area contributed by atoms with Crippen LogP contribution >= 0.6 is 0 Å². The van der Waals surface area contributed by atoms with Gasteiger partial charge in [0.15, 0.2) is 17.4 Å². The Morgan fingerprint density at radius 1 is 0.977 bits per heavy atom. The Hall–Kier alpha value is -5.10. The molecule has 43 heavy (non-hydrogen) atoms. The van der Waals surface area contributed by atoms with Gasteiger partial charge in [-0.3, -0.25) is 14.3 Å². The van der Waals surface area contributed by atoms with E-state index < -0.39 is 17.2 Å². The van der Waals surface area contributed by atoms with Crippen molar-refractivity contribution < 1.29 is 13.6 Å². The summed E-state index contributed by atoms with van der Waals surface area (Å²) in [6, 6.07) is 17.5. The zero-order valence-corrected chi connectivity index (χ0v) is 24.5. The van der Waals surface area contributed by atoms with Gasteiger partial charge in [-0.15, -0.1) is 0 Å². The van der Waals surface area contributed by atoms with Gasteiger partial charge in [0.05, 0.1) is 12.1 Å². The number of ketones is 1. The molecule has 0 unspecified atom stereocenters. The third-order valence-corrected chi connectivity index (χ3v) is 7.41. The number of aromatic nitrogens is 4. The van der Waals surface area contributed by atoms with Crippen molar-refractivity contribution in [2.45, 2.75) is 32.7 Å². The predicted octanol–water partition coefficient (Wildman–Crippen LogP) is 5.44. The Kier molecular flexibility index (Phi) is 8.48. The van der Waals surface area contributed by atoms with Crippen LogP contribution in [0.15, 0.2) is 71.7 Å². The molecule has 218 valence electrons. The summed E-state index contributed by atoms with van der Waals surface area (Å²) in [5, 5.41) is 0.871. The van der Waals surface area contributed by atoms with Crippen molar-refractivity contribution in [2.75, 3.05) is 19.0 Å². The molecule has 9 heteroatoms. The fourth-order valence-corrected chi connectivity index (χ4v) is 4.87. The van der Waals surface area contributed by atoms with Crippen molar-refractivity contribution in [1.29, 1.82) is 0 Å². The minimum atomic E-state index is -0.989. The number of benzene rings is 3. The monoisotopic (exact) mass is 579 g/mol. The molecule has 0 spiro atoms. The highest BCUT2D eigenvalue weighted by Crippen LogP contribution is 2.17. The molecule has 0 aliphatic heterocycles. The summed E-state index contributed by atoms with van der Waals surface area (Å²) in [5.41, 5.74) is 4.41. The molecule has 3 aromatic carbocycles. The highest BCUT2D eigenvalue weighted by Gasteiger charge is 2.21. The van der Waals surface area contributed by atoms with Crippen molar-refractivity contribution in [2.24, 2.45) is 7.05 Å².